The van der Waals surface area contributed by atoms with Gasteiger partial charge in [-0.25, -0.2) is 17.6 Å². The zero-order chi connectivity index (χ0) is 20.3. The standard InChI is InChI=1S/C23H18F4O/c1-14-11-19-12-18(7-8-20(19)23(27)22(14)26)17-5-3-16(4-6-17)13-28-21(9-10-24)15(2)25/h3-9,11-12H,2,10,13H2,1H3/b21-9+. The minimum Gasteiger partial charge on any atom is -0.486 e. The number of fused-ring (bicyclic) bond motifs is 1. The van der Waals surface area contributed by atoms with Crippen molar-refractivity contribution in [3.63, 3.8) is 0 Å². The topological polar surface area (TPSA) is 9.23 Å². The second kappa shape index (κ2) is 8.30. The summed E-state index contributed by atoms with van der Waals surface area (Å²) in [5.41, 5.74) is 2.74. The predicted molar refractivity (Wildman–Crippen MR) is 103 cm³/mol. The molecule has 5 heteroatoms. The first-order valence-corrected chi connectivity index (χ1v) is 8.62. The molecule has 0 bridgehead atoms. The lowest BCUT2D eigenvalue weighted by molar-refractivity contribution is 0.194. The van der Waals surface area contributed by atoms with Crippen molar-refractivity contribution in [2.75, 3.05) is 6.67 Å². The molecule has 0 aliphatic heterocycles. The Morgan fingerprint density at radius 2 is 1.68 bits per heavy atom. The van der Waals surface area contributed by atoms with Crippen LogP contribution in [0, 0.1) is 18.6 Å². The highest BCUT2D eigenvalue weighted by molar-refractivity contribution is 5.88. The molecule has 0 aromatic heterocycles. The largest absolute Gasteiger partial charge is 0.486 e. The van der Waals surface area contributed by atoms with E-state index in [1.54, 1.807) is 36.4 Å². The van der Waals surface area contributed by atoms with Crippen molar-refractivity contribution in [3.8, 4) is 11.1 Å². The number of hydrogen-bond donors (Lipinski definition) is 0. The first-order chi connectivity index (χ1) is 13.4. The third-order valence-electron chi connectivity index (χ3n) is 4.41. The van der Waals surface area contributed by atoms with E-state index in [2.05, 4.69) is 6.58 Å². The van der Waals surface area contributed by atoms with Gasteiger partial charge < -0.3 is 4.74 Å². The smallest absolute Gasteiger partial charge is 0.166 e. The number of benzene rings is 3. The van der Waals surface area contributed by atoms with E-state index in [4.69, 9.17) is 4.74 Å². The number of rotatable bonds is 6. The van der Waals surface area contributed by atoms with E-state index in [9.17, 15) is 17.6 Å². The Morgan fingerprint density at radius 3 is 2.32 bits per heavy atom. The van der Waals surface area contributed by atoms with Gasteiger partial charge in [0.25, 0.3) is 0 Å². The molecule has 0 atom stereocenters. The van der Waals surface area contributed by atoms with Crippen molar-refractivity contribution in [1.82, 2.24) is 0 Å². The van der Waals surface area contributed by atoms with Crippen LogP contribution in [0.15, 0.2) is 72.8 Å². The lowest BCUT2D eigenvalue weighted by atomic mass is 9.99. The number of ether oxygens (including phenoxy) is 1. The first-order valence-electron chi connectivity index (χ1n) is 8.62. The van der Waals surface area contributed by atoms with Crippen molar-refractivity contribution in [3.05, 3.63) is 95.5 Å². The van der Waals surface area contributed by atoms with Crippen LogP contribution in [0.1, 0.15) is 11.1 Å². The van der Waals surface area contributed by atoms with E-state index in [1.807, 2.05) is 12.1 Å². The van der Waals surface area contributed by atoms with Crippen LogP contribution in [0.3, 0.4) is 0 Å². The van der Waals surface area contributed by atoms with E-state index in [-0.39, 0.29) is 23.3 Å². The third-order valence-corrected chi connectivity index (χ3v) is 4.41. The molecule has 1 nitrogen and oxygen atoms in total. The molecule has 0 N–H and O–H groups in total. The van der Waals surface area contributed by atoms with E-state index in [1.165, 1.54) is 6.92 Å². The van der Waals surface area contributed by atoms with E-state index in [0.29, 0.717) is 5.39 Å². The minimum absolute atomic E-state index is 0.0659. The molecule has 0 fully saturated rings. The quantitative estimate of drug-likeness (QED) is 0.253. The van der Waals surface area contributed by atoms with Gasteiger partial charge in [0.15, 0.2) is 23.2 Å². The van der Waals surface area contributed by atoms with E-state index < -0.39 is 24.1 Å². The van der Waals surface area contributed by atoms with Crippen LogP contribution in [-0.4, -0.2) is 6.67 Å². The fourth-order valence-corrected chi connectivity index (χ4v) is 2.92. The van der Waals surface area contributed by atoms with Crippen molar-refractivity contribution >= 4 is 10.8 Å². The fourth-order valence-electron chi connectivity index (χ4n) is 2.92. The molecule has 0 unspecified atom stereocenters. The number of hydrogen-bond acceptors (Lipinski definition) is 1. The summed E-state index contributed by atoms with van der Waals surface area (Å²) in [6.07, 6.45) is 0.982. The average molecular weight is 386 g/mol. The van der Waals surface area contributed by atoms with Gasteiger partial charge in [0.2, 0.25) is 0 Å². The summed E-state index contributed by atoms with van der Waals surface area (Å²) in [6, 6.07) is 14.0. The molecule has 0 aliphatic rings. The van der Waals surface area contributed by atoms with Gasteiger partial charge in [0, 0.05) is 5.39 Å². The zero-order valence-corrected chi connectivity index (χ0v) is 15.2. The molecule has 0 spiro atoms. The van der Waals surface area contributed by atoms with Crippen LogP contribution in [0.5, 0.6) is 0 Å². The first kappa shape index (κ1) is 19.7. The molecule has 3 aromatic rings. The van der Waals surface area contributed by atoms with E-state index in [0.717, 1.165) is 22.8 Å². The maximum Gasteiger partial charge on any atom is 0.166 e. The Labute approximate surface area is 160 Å². The maximum absolute atomic E-state index is 14.1. The predicted octanol–water partition coefficient (Wildman–Crippen LogP) is 6.95. The highest BCUT2D eigenvalue weighted by atomic mass is 19.2. The van der Waals surface area contributed by atoms with Crippen LogP contribution in [0.25, 0.3) is 21.9 Å². The summed E-state index contributed by atoms with van der Waals surface area (Å²) in [5.74, 6) is -2.72. The molecular weight excluding hydrogens is 368 g/mol. The number of halogens is 4. The molecule has 3 rings (SSSR count). The number of aryl methyl sites for hydroxylation is 1. The highest BCUT2D eigenvalue weighted by Crippen LogP contribution is 2.29. The molecule has 0 radical (unpaired) electrons. The Morgan fingerprint density at radius 1 is 1.00 bits per heavy atom. The van der Waals surface area contributed by atoms with Crippen molar-refractivity contribution in [1.29, 1.82) is 0 Å². The van der Waals surface area contributed by atoms with Gasteiger partial charge in [-0.05, 0) is 52.8 Å². The normalized spacial score (nSPS) is 11.7. The Balaban J connectivity index is 1.82. The summed E-state index contributed by atoms with van der Waals surface area (Å²) in [7, 11) is 0. The molecule has 0 amide bonds. The van der Waals surface area contributed by atoms with Gasteiger partial charge in [-0.2, -0.15) is 0 Å². The highest BCUT2D eigenvalue weighted by Gasteiger charge is 2.11. The van der Waals surface area contributed by atoms with Crippen LogP contribution < -0.4 is 0 Å². The molecule has 0 saturated carbocycles. The summed E-state index contributed by atoms with van der Waals surface area (Å²) in [6.45, 7) is 3.85. The minimum atomic E-state index is -0.847. The number of allylic oxidation sites excluding steroid dienone is 2. The summed E-state index contributed by atoms with van der Waals surface area (Å²) in [4.78, 5) is 0. The lowest BCUT2D eigenvalue weighted by Gasteiger charge is -2.10. The molecule has 3 aromatic carbocycles. The molecule has 0 saturated heterocycles. The zero-order valence-electron chi connectivity index (χ0n) is 15.2. The van der Waals surface area contributed by atoms with Gasteiger partial charge in [-0.15, -0.1) is 0 Å². The van der Waals surface area contributed by atoms with Crippen LogP contribution in [-0.2, 0) is 11.3 Å². The van der Waals surface area contributed by atoms with Crippen LogP contribution in [0.4, 0.5) is 17.6 Å². The summed E-state index contributed by atoms with van der Waals surface area (Å²) >= 11 is 0. The maximum atomic E-state index is 14.1. The van der Waals surface area contributed by atoms with E-state index >= 15 is 0 Å². The van der Waals surface area contributed by atoms with Crippen LogP contribution in [0.2, 0.25) is 0 Å². The molecule has 0 heterocycles. The SMILES string of the molecule is C=C(F)/C(=C\CF)OCc1ccc(-c2ccc3c(F)c(F)c(C)cc3c2)cc1. The lowest BCUT2D eigenvalue weighted by Crippen LogP contribution is -1.95. The van der Waals surface area contributed by atoms with Crippen LogP contribution >= 0.6 is 0 Å². The second-order valence-corrected chi connectivity index (χ2v) is 6.37. The summed E-state index contributed by atoms with van der Waals surface area (Å²) < 4.78 is 58.5. The molecule has 0 aliphatic carbocycles. The second-order valence-electron chi connectivity index (χ2n) is 6.37. The van der Waals surface area contributed by atoms with Gasteiger partial charge in [0.1, 0.15) is 13.3 Å². The fraction of sp³-hybridized carbons (Fsp3) is 0.130. The molecular formula is C23H18F4O. The molecule has 28 heavy (non-hydrogen) atoms. The van der Waals surface area contributed by atoms with Gasteiger partial charge >= 0.3 is 0 Å². The average Bonchev–Trinajstić information content (AvgIpc) is 2.69. The number of alkyl halides is 1. The molecule has 144 valence electrons. The Bertz CT molecular complexity index is 1050. The van der Waals surface area contributed by atoms with Gasteiger partial charge in [-0.1, -0.05) is 43.0 Å². The Hall–Kier alpha value is -3.08. The third kappa shape index (κ3) is 4.09. The Kier molecular flexibility index (Phi) is 5.83. The van der Waals surface area contributed by atoms with Gasteiger partial charge in [-0.3, -0.25) is 0 Å². The monoisotopic (exact) mass is 386 g/mol. The van der Waals surface area contributed by atoms with Crippen molar-refractivity contribution < 1.29 is 22.3 Å². The van der Waals surface area contributed by atoms with Gasteiger partial charge in [0.05, 0.1) is 0 Å². The van der Waals surface area contributed by atoms with Crippen molar-refractivity contribution in [2.45, 2.75) is 13.5 Å². The van der Waals surface area contributed by atoms with Crippen molar-refractivity contribution in [2.24, 2.45) is 0 Å². The summed E-state index contributed by atoms with van der Waals surface area (Å²) in [5, 5.41) is 0.847.